The van der Waals surface area contributed by atoms with Gasteiger partial charge < -0.3 is 10.6 Å². The summed E-state index contributed by atoms with van der Waals surface area (Å²) in [4.78, 5) is 27.2. The molecule has 2 N–H and O–H groups in total. The lowest BCUT2D eigenvalue weighted by Gasteiger charge is -2.23. The van der Waals surface area contributed by atoms with Crippen LogP contribution in [-0.2, 0) is 4.79 Å². The Kier molecular flexibility index (Phi) is 4.79. The third-order valence-corrected chi connectivity index (χ3v) is 3.72. The first-order valence-electron chi connectivity index (χ1n) is 6.35. The average Bonchev–Trinajstić information content (AvgIpc) is 2.42. The summed E-state index contributed by atoms with van der Waals surface area (Å²) in [6.45, 7) is 2.56. The van der Waals surface area contributed by atoms with Gasteiger partial charge in [0.2, 0.25) is 5.91 Å². The predicted molar refractivity (Wildman–Crippen MR) is 74.1 cm³/mol. The first kappa shape index (κ1) is 13.9. The fraction of sp³-hybridized carbons (Fsp3) is 0.462. The van der Waals surface area contributed by atoms with Crippen LogP contribution in [-0.4, -0.2) is 35.1 Å². The lowest BCUT2D eigenvalue weighted by Crippen LogP contribution is -2.47. The van der Waals surface area contributed by atoms with Gasteiger partial charge in [0.1, 0.15) is 0 Å². The summed E-state index contributed by atoms with van der Waals surface area (Å²) in [6.07, 6.45) is 2.75. The zero-order valence-electron chi connectivity index (χ0n) is 10.8. The van der Waals surface area contributed by atoms with Crippen molar-refractivity contribution >= 4 is 23.6 Å². The molecule has 0 aromatic carbocycles. The highest BCUT2D eigenvalue weighted by atomic mass is 32.2. The van der Waals surface area contributed by atoms with Gasteiger partial charge in [-0.15, -0.1) is 11.8 Å². The molecule has 1 saturated heterocycles. The van der Waals surface area contributed by atoms with Crippen LogP contribution in [0.25, 0.3) is 0 Å². The normalized spacial score (nSPS) is 18.8. The van der Waals surface area contributed by atoms with E-state index >= 15 is 0 Å². The highest BCUT2D eigenvalue weighted by Gasteiger charge is 2.20. The minimum atomic E-state index is -0.137. The maximum Gasteiger partial charge on any atom is 0.253 e. The molecule has 19 heavy (non-hydrogen) atoms. The Morgan fingerprint density at radius 1 is 1.58 bits per heavy atom. The minimum Gasteiger partial charge on any atom is -0.354 e. The zero-order chi connectivity index (χ0) is 13.7. The number of piperidine rings is 1. The molecular formula is C13H17N3O2S. The molecule has 2 amide bonds. The standard InChI is InChI=1S/C13H17N3O2S/c1-2-19-12-6-3-9(7-15-12)13(18)16-10-4-5-11(17)14-8-10/h3,6-7,10H,2,4-5,8H2,1H3,(H,14,17)(H,16,18)/t10-/m0/s1. The van der Waals surface area contributed by atoms with Gasteiger partial charge in [0.15, 0.2) is 0 Å². The van der Waals surface area contributed by atoms with Crippen molar-refractivity contribution in [3.8, 4) is 0 Å². The van der Waals surface area contributed by atoms with Crippen LogP contribution < -0.4 is 10.6 Å². The predicted octanol–water partition coefficient (Wildman–Crippen LogP) is 1.20. The summed E-state index contributed by atoms with van der Waals surface area (Å²) in [6, 6.07) is 3.64. The van der Waals surface area contributed by atoms with Gasteiger partial charge in [0, 0.05) is 25.2 Å². The SMILES string of the molecule is CCSc1ccc(C(=O)N[C@H]2CCC(=O)NC2)cn1. The summed E-state index contributed by atoms with van der Waals surface area (Å²) in [5.74, 6) is 0.871. The van der Waals surface area contributed by atoms with Crippen LogP contribution in [0, 0.1) is 0 Å². The molecule has 0 spiro atoms. The molecular weight excluding hydrogens is 262 g/mol. The van der Waals surface area contributed by atoms with Crippen LogP contribution in [0.1, 0.15) is 30.1 Å². The van der Waals surface area contributed by atoms with E-state index in [2.05, 4.69) is 22.5 Å². The van der Waals surface area contributed by atoms with Gasteiger partial charge in [-0.1, -0.05) is 6.92 Å². The monoisotopic (exact) mass is 279 g/mol. The minimum absolute atomic E-state index is 0.00916. The maximum atomic E-state index is 12.0. The van der Waals surface area contributed by atoms with Gasteiger partial charge >= 0.3 is 0 Å². The Balaban J connectivity index is 1.90. The number of pyridine rings is 1. The van der Waals surface area contributed by atoms with E-state index in [0.29, 0.717) is 24.9 Å². The van der Waals surface area contributed by atoms with E-state index in [0.717, 1.165) is 10.8 Å². The lowest BCUT2D eigenvalue weighted by molar-refractivity contribution is -0.122. The third-order valence-electron chi connectivity index (χ3n) is 2.89. The Labute approximate surface area is 116 Å². The van der Waals surface area contributed by atoms with Crippen LogP contribution in [0.15, 0.2) is 23.4 Å². The first-order chi connectivity index (χ1) is 9.19. The topological polar surface area (TPSA) is 71.1 Å². The zero-order valence-corrected chi connectivity index (χ0v) is 11.6. The molecule has 1 aliphatic heterocycles. The van der Waals surface area contributed by atoms with Gasteiger partial charge in [-0.3, -0.25) is 9.59 Å². The molecule has 102 valence electrons. The number of thioether (sulfide) groups is 1. The molecule has 2 rings (SSSR count). The average molecular weight is 279 g/mol. The molecule has 1 aromatic heterocycles. The fourth-order valence-electron chi connectivity index (χ4n) is 1.87. The number of amides is 2. The number of aromatic nitrogens is 1. The van der Waals surface area contributed by atoms with E-state index in [9.17, 15) is 9.59 Å². The van der Waals surface area contributed by atoms with E-state index in [-0.39, 0.29) is 17.9 Å². The van der Waals surface area contributed by atoms with Crippen LogP contribution in [0.5, 0.6) is 0 Å². The molecule has 5 nitrogen and oxygen atoms in total. The molecule has 0 saturated carbocycles. The Morgan fingerprint density at radius 2 is 2.42 bits per heavy atom. The lowest BCUT2D eigenvalue weighted by atomic mass is 10.1. The van der Waals surface area contributed by atoms with Crippen molar-refractivity contribution in [2.75, 3.05) is 12.3 Å². The summed E-state index contributed by atoms with van der Waals surface area (Å²) in [5, 5.41) is 6.57. The largest absolute Gasteiger partial charge is 0.354 e. The third kappa shape index (κ3) is 3.96. The number of hydrogen-bond acceptors (Lipinski definition) is 4. The summed E-state index contributed by atoms with van der Waals surface area (Å²) in [7, 11) is 0. The second-order valence-corrected chi connectivity index (χ2v) is 5.62. The Hall–Kier alpha value is -1.56. The van der Waals surface area contributed by atoms with Crippen molar-refractivity contribution in [1.29, 1.82) is 0 Å². The number of carbonyl (C=O) groups is 2. The number of nitrogens with one attached hydrogen (secondary N) is 2. The summed E-state index contributed by atoms with van der Waals surface area (Å²) in [5.41, 5.74) is 0.553. The van der Waals surface area contributed by atoms with E-state index in [1.807, 2.05) is 6.07 Å². The summed E-state index contributed by atoms with van der Waals surface area (Å²) < 4.78 is 0. The quantitative estimate of drug-likeness (QED) is 0.813. The molecule has 1 aromatic rings. The van der Waals surface area contributed by atoms with Crippen LogP contribution >= 0.6 is 11.8 Å². The smallest absolute Gasteiger partial charge is 0.253 e. The van der Waals surface area contributed by atoms with Gasteiger partial charge in [-0.25, -0.2) is 4.98 Å². The first-order valence-corrected chi connectivity index (χ1v) is 7.34. The Morgan fingerprint density at radius 3 is 3.00 bits per heavy atom. The van der Waals surface area contributed by atoms with Crippen molar-refractivity contribution < 1.29 is 9.59 Å². The second-order valence-electron chi connectivity index (χ2n) is 4.33. The van der Waals surface area contributed by atoms with E-state index < -0.39 is 0 Å². The van der Waals surface area contributed by atoms with E-state index in [1.54, 1.807) is 24.0 Å². The van der Waals surface area contributed by atoms with Crippen molar-refractivity contribution in [2.24, 2.45) is 0 Å². The molecule has 0 unspecified atom stereocenters. The molecule has 0 aliphatic carbocycles. The summed E-state index contributed by atoms with van der Waals surface area (Å²) >= 11 is 1.64. The van der Waals surface area contributed by atoms with E-state index in [4.69, 9.17) is 0 Å². The molecule has 0 radical (unpaired) electrons. The van der Waals surface area contributed by atoms with Gasteiger partial charge in [0.05, 0.1) is 10.6 Å². The van der Waals surface area contributed by atoms with Crippen LogP contribution in [0.4, 0.5) is 0 Å². The second kappa shape index (κ2) is 6.56. The molecule has 0 bridgehead atoms. The van der Waals surface area contributed by atoms with Crippen LogP contribution in [0.3, 0.4) is 0 Å². The molecule has 1 fully saturated rings. The molecule has 6 heteroatoms. The maximum absolute atomic E-state index is 12.0. The van der Waals surface area contributed by atoms with Crippen molar-refractivity contribution in [3.63, 3.8) is 0 Å². The number of hydrogen-bond donors (Lipinski definition) is 2. The van der Waals surface area contributed by atoms with Gasteiger partial charge in [-0.2, -0.15) is 0 Å². The molecule has 1 atom stereocenters. The number of carbonyl (C=O) groups excluding carboxylic acids is 2. The van der Waals surface area contributed by atoms with Crippen molar-refractivity contribution in [2.45, 2.75) is 30.8 Å². The van der Waals surface area contributed by atoms with Gasteiger partial charge in [0.25, 0.3) is 5.91 Å². The molecule has 2 heterocycles. The van der Waals surface area contributed by atoms with Gasteiger partial charge in [-0.05, 0) is 24.3 Å². The Bertz CT molecular complexity index is 451. The van der Waals surface area contributed by atoms with Crippen LogP contribution in [0.2, 0.25) is 0 Å². The fourth-order valence-corrected chi connectivity index (χ4v) is 2.46. The highest BCUT2D eigenvalue weighted by Crippen LogP contribution is 2.14. The highest BCUT2D eigenvalue weighted by molar-refractivity contribution is 7.99. The van der Waals surface area contributed by atoms with Crippen molar-refractivity contribution in [3.05, 3.63) is 23.9 Å². The van der Waals surface area contributed by atoms with Crippen molar-refractivity contribution in [1.82, 2.24) is 15.6 Å². The van der Waals surface area contributed by atoms with E-state index in [1.165, 1.54) is 0 Å². The number of nitrogens with zero attached hydrogens (tertiary/aromatic N) is 1. The number of rotatable bonds is 4. The molecule has 1 aliphatic rings.